The van der Waals surface area contributed by atoms with E-state index in [-0.39, 0.29) is 6.54 Å². The summed E-state index contributed by atoms with van der Waals surface area (Å²) in [6, 6.07) is 0. The third-order valence-corrected chi connectivity index (χ3v) is 2.12. The summed E-state index contributed by atoms with van der Waals surface area (Å²) in [6.07, 6.45) is -1.80. The Morgan fingerprint density at radius 1 is 0.882 bits per heavy atom. The van der Waals surface area contributed by atoms with E-state index in [9.17, 15) is 27.1 Å². The van der Waals surface area contributed by atoms with Crippen LogP contribution in [0.2, 0.25) is 0 Å². The summed E-state index contributed by atoms with van der Waals surface area (Å²) in [7, 11) is 2.96. The van der Waals surface area contributed by atoms with E-state index in [0.29, 0.717) is 0 Å². The minimum absolute atomic E-state index is 0.266. The molecule has 0 saturated heterocycles. The van der Waals surface area contributed by atoms with Gasteiger partial charge in [-0.3, -0.25) is 0 Å². The lowest BCUT2D eigenvalue weighted by Crippen LogP contribution is -2.23. The first-order valence-corrected chi connectivity index (χ1v) is 4.61. The molecule has 1 unspecified atom stereocenters. The minimum atomic E-state index is -2.24. The number of nitrogens with zero attached hydrogens (tertiary/aromatic N) is 1. The number of benzene rings is 1. The van der Waals surface area contributed by atoms with Crippen LogP contribution in [0.15, 0.2) is 0 Å². The van der Waals surface area contributed by atoms with Gasteiger partial charge in [0, 0.05) is 6.54 Å². The van der Waals surface area contributed by atoms with Crippen molar-refractivity contribution in [3.8, 4) is 0 Å². The number of aliphatic hydroxyl groups is 1. The molecule has 0 aromatic heterocycles. The predicted octanol–water partition coefficient (Wildman–Crippen LogP) is 1.98. The highest BCUT2D eigenvalue weighted by atomic mass is 19.2. The Bertz CT molecular complexity index is 406. The topological polar surface area (TPSA) is 23.5 Å². The Morgan fingerprint density at radius 3 is 1.59 bits per heavy atom. The van der Waals surface area contributed by atoms with E-state index in [1.165, 1.54) is 19.0 Å². The molecule has 0 spiro atoms. The largest absolute Gasteiger partial charge is 0.387 e. The normalized spacial score (nSPS) is 13.2. The molecule has 1 N–H and O–H groups in total. The van der Waals surface area contributed by atoms with Gasteiger partial charge >= 0.3 is 0 Å². The van der Waals surface area contributed by atoms with Crippen molar-refractivity contribution in [2.24, 2.45) is 0 Å². The van der Waals surface area contributed by atoms with Crippen molar-refractivity contribution in [1.29, 1.82) is 0 Å². The quantitative estimate of drug-likeness (QED) is 0.507. The van der Waals surface area contributed by atoms with Crippen molar-refractivity contribution in [3.05, 3.63) is 34.6 Å². The zero-order valence-corrected chi connectivity index (χ0v) is 9.07. The van der Waals surface area contributed by atoms with Crippen molar-refractivity contribution in [2.75, 3.05) is 20.6 Å². The Morgan fingerprint density at radius 2 is 1.24 bits per heavy atom. The maximum atomic E-state index is 13.2. The highest BCUT2D eigenvalue weighted by Crippen LogP contribution is 2.27. The molecule has 0 fully saturated rings. The Balaban J connectivity index is 3.33. The number of hydrogen-bond donors (Lipinski definition) is 1. The van der Waals surface area contributed by atoms with Crippen molar-refractivity contribution < 1.29 is 27.1 Å². The molecule has 0 saturated carbocycles. The molecule has 0 aliphatic rings. The van der Waals surface area contributed by atoms with Crippen LogP contribution in [0.3, 0.4) is 0 Å². The second kappa shape index (κ2) is 4.97. The van der Waals surface area contributed by atoms with Crippen LogP contribution in [0.25, 0.3) is 0 Å². The summed E-state index contributed by atoms with van der Waals surface area (Å²) >= 11 is 0. The van der Waals surface area contributed by atoms with Crippen LogP contribution in [0.5, 0.6) is 0 Å². The number of halogens is 5. The van der Waals surface area contributed by atoms with E-state index in [0.717, 1.165) is 0 Å². The first kappa shape index (κ1) is 13.9. The van der Waals surface area contributed by atoms with Crippen LogP contribution < -0.4 is 0 Å². The molecule has 2 nitrogen and oxygen atoms in total. The van der Waals surface area contributed by atoms with Gasteiger partial charge < -0.3 is 10.0 Å². The second-order valence-electron chi connectivity index (χ2n) is 3.76. The molecule has 0 aliphatic carbocycles. The molecule has 0 radical (unpaired) electrons. The summed E-state index contributed by atoms with van der Waals surface area (Å²) in [5.41, 5.74) is -1.21. The van der Waals surface area contributed by atoms with Gasteiger partial charge in [-0.05, 0) is 14.1 Å². The minimum Gasteiger partial charge on any atom is -0.387 e. The van der Waals surface area contributed by atoms with Gasteiger partial charge in [0.25, 0.3) is 0 Å². The Labute approximate surface area is 94.3 Å². The maximum Gasteiger partial charge on any atom is 0.200 e. The molecule has 17 heavy (non-hydrogen) atoms. The number of hydrogen-bond acceptors (Lipinski definition) is 2. The molecule has 1 rings (SSSR count). The van der Waals surface area contributed by atoms with Crippen molar-refractivity contribution in [1.82, 2.24) is 4.90 Å². The smallest absolute Gasteiger partial charge is 0.200 e. The van der Waals surface area contributed by atoms with Crippen LogP contribution in [-0.4, -0.2) is 30.6 Å². The fourth-order valence-corrected chi connectivity index (χ4v) is 1.35. The fraction of sp³-hybridized carbons (Fsp3) is 0.400. The summed E-state index contributed by atoms with van der Waals surface area (Å²) in [6.45, 7) is -0.266. The lowest BCUT2D eigenvalue weighted by atomic mass is 10.1. The monoisotopic (exact) mass is 255 g/mol. The standard InChI is InChI=1S/C10H10F5NO/c1-16(2)3-4(17)5-6(11)8(13)10(15)9(14)7(5)12/h4,17H,3H2,1-2H3. The van der Waals surface area contributed by atoms with Crippen molar-refractivity contribution >= 4 is 0 Å². The van der Waals surface area contributed by atoms with Crippen LogP contribution >= 0.6 is 0 Å². The van der Waals surface area contributed by atoms with E-state index in [4.69, 9.17) is 0 Å². The van der Waals surface area contributed by atoms with E-state index in [1.54, 1.807) is 0 Å². The van der Waals surface area contributed by atoms with Crippen LogP contribution in [0, 0.1) is 29.1 Å². The van der Waals surface area contributed by atoms with Gasteiger partial charge in [-0.15, -0.1) is 0 Å². The molecule has 7 heteroatoms. The third kappa shape index (κ3) is 2.55. The van der Waals surface area contributed by atoms with Crippen LogP contribution in [-0.2, 0) is 0 Å². The number of likely N-dealkylation sites (N-methyl/N-ethyl adjacent to an activating group) is 1. The average Bonchev–Trinajstić information content (AvgIpc) is 2.23. The first-order chi connectivity index (χ1) is 7.77. The number of rotatable bonds is 3. The van der Waals surface area contributed by atoms with Gasteiger partial charge in [-0.1, -0.05) is 0 Å². The zero-order valence-electron chi connectivity index (χ0n) is 9.07. The molecule has 0 amide bonds. The molecular weight excluding hydrogens is 245 g/mol. The molecule has 0 aliphatic heterocycles. The van der Waals surface area contributed by atoms with E-state index in [2.05, 4.69) is 0 Å². The fourth-order valence-electron chi connectivity index (χ4n) is 1.35. The molecule has 1 aromatic carbocycles. The van der Waals surface area contributed by atoms with Crippen LogP contribution in [0.1, 0.15) is 11.7 Å². The molecule has 0 heterocycles. The average molecular weight is 255 g/mol. The molecular formula is C10H10F5NO. The zero-order chi connectivity index (χ0) is 13.3. The number of aliphatic hydroxyl groups excluding tert-OH is 1. The third-order valence-electron chi connectivity index (χ3n) is 2.12. The highest BCUT2D eigenvalue weighted by Gasteiger charge is 2.29. The molecule has 1 atom stereocenters. The Kier molecular flexibility index (Phi) is 4.05. The maximum absolute atomic E-state index is 13.2. The summed E-state index contributed by atoms with van der Waals surface area (Å²) in [5, 5.41) is 9.41. The Hall–Kier alpha value is -1.21. The summed E-state index contributed by atoms with van der Waals surface area (Å²) < 4.78 is 64.7. The van der Waals surface area contributed by atoms with E-state index in [1.807, 2.05) is 0 Å². The SMILES string of the molecule is CN(C)CC(O)c1c(F)c(F)c(F)c(F)c1F. The lowest BCUT2D eigenvalue weighted by Gasteiger charge is -2.18. The molecule has 1 aromatic rings. The second-order valence-corrected chi connectivity index (χ2v) is 3.76. The van der Waals surface area contributed by atoms with Gasteiger partial charge in [0.15, 0.2) is 23.3 Å². The van der Waals surface area contributed by atoms with Gasteiger partial charge in [0.2, 0.25) is 5.82 Å². The van der Waals surface area contributed by atoms with E-state index < -0.39 is 40.8 Å². The van der Waals surface area contributed by atoms with Crippen molar-refractivity contribution in [2.45, 2.75) is 6.10 Å². The molecule has 0 bridgehead atoms. The van der Waals surface area contributed by atoms with Crippen LogP contribution in [0.4, 0.5) is 22.0 Å². The van der Waals surface area contributed by atoms with Gasteiger partial charge in [-0.2, -0.15) is 0 Å². The van der Waals surface area contributed by atoms with Gasteiger partial charge in [0.05, 0.1) is 11.7 Å². The summed E-state index contributed by atoms with van der Waals surface area (Å²) in [4.78, 5) is 1.35. The van der Waals surface area contributed by atoms with E-state index >= 15 is 0 Å². The van der Waals surface area contributed by atoms with Crippen molar-refractivity contribution in [3.63, 3.8) is 0 Å². The predicted molar refractivity (Wildman–Crippen MR) is 49.7 cm³/mol. The molecule has 96 valence electrons. The summed E-state index contributed by atoms with van der Waals surface area (Å²) in [5.74, 6) is -10.4. The lowest BCUT2D eigenvalue weighted by molar-refractivity contribution is 0.127. The highest BCUT2D eigenvalue weighted by molar-refractivity contribution is 5.26. The van der Waals surface area contributed by atoms with Gasteiger partial charge in [-0.25, -0.2) is 22.0 Å². The van der Waals surface area contributed by atoms with Gasteiger partial charge in [0.1, 0.15) is 0 Å². The first-order valence-electron chi connectivity index (χ1n) is 4.61.